The number of hydrogen-bond donors (Lipinski definition) is 4. The van der Waals surface area contributed by atoms with E-state index in [-0.39, 0.29) is 4.90 Å². The summed E-state index contributed by atoms with van der Waals surface area (Å²) in [5.74, 6) is 3.43. The number of hydroxylamine groups is 1. The second kappa shape index (κ2) is 11.0. The van der Waals surface area contributed by atoms with E-state index in [4.69, 9.17) is 9.94 Å². The number of benzene rings is 1. The summed E-state index contributed by atoms with van der Waals surface area (Å²) in [5.41, 5.74) is 2.42. The number of carbonyl (C=O) groups excluding carboxylic acids is 1. The second-order valence-electron chi connectivity index (χ2n) is 6.31. The van der Waals surface area contributed by atoms with Crippen molar-refractivity contribution in [2.45, 2.75) is 49.1 Å². The summed E-state index contributed by atoms with van der Waals surface area (Å²) in [6.45, 7) is 5.44. The van der Waals surface area contributed by atoms with Gasteiger partial charge in [0, 0.05) is 23.6 Å². The van der Waals surface area contributed by atoms with Crippen molar-refractivity contribution in [3.63, 3.8) is 0 Å². The van der Waals surface area contributed by atoms with Gasteiger partial charge in [0.25, 0.3) is 5.91 Å². The van der Waals surface area contributed by atoms with Crippen molar-refractivity contribution in [1.82, 2.24) is 20.2 Å². The Morgan fingerprint density at radius 2 is 2.07 bits per heavy atom. The summed E-state index contributed by atoms with van der Waals surface area (Å²) in [6, 6.07) is 4.44. The summed E-state index contributed by atoms with van der Waals surface area (Å²) in [7, 11) is -4.03. The van der Waals surface area contributed by atoms with Gasteiger partial charge in [0.05, 0.1) is 10.6 Å². The molecule has 0 aliphatic rings. The van der Waals surface area contributed by atoms with Crippen molar-refractivity contribution in [2.24, 2.45) is 0 Å². The minimum atomic E-state index is -4.03. The topological polar surface area (TPSA) is 133 Å². The first-order chi connectivity index (χ1) is 14.3. The van der Waals surface area contributed by atoms with Crippen molar-refractivity contribution < 1.29 is 23.2 Å². The molecule has 0 saturated carbocycles. The lowest BCUT2D eigenvalue weighted by molar-refractivity contribution is -0.130. The average molecular weight is 453 g/mol. The number of nitrogens with one attached hydrogen (secondary N) is 3. The Kier molecular flexibility index (Phi) is 8.73. The highest BCUT2D eigenvalue weighted by Crippen LogP contribution is 2.22. The van der Waals surface area contributed by atoms with Crippen LogP contribution in [0.15, 0.2) is 35.4 Å². The Balaban J connectivity index is 2.10. The molecule has 1 amide bonds. The molecule has 0 aliphatic heterocycles. The fraction of sp³-hybridized carbons (Fsp3) is 0.368. The van der Waals surface area contributed by atoms with E-state index in [2.05, 4.69) is 26.7 Å². The fourth-order valence-corrected chi connectivity index (χ4v) is 4.68. The molecular weight excluding hydrogens is 428 g/mol. The summed E-state index contributed by atoms with van der Waals surface area (Å²) in [4.78, 5) is 19.3. The number of H-pyrrole nitrogens is 1. The molecule has 2 rings (SSSR count). The van der Waals surface area contributed by atoms with Gasteiger partial charge >= 0.3 is 0 Å². The molecule has 30 heavy (non-hydrogen) atoms. The van der Waals surface area contributed by atoms with E-state index in [1.165, 1.54) is 41.5 Å². The van der Waals surface area contributed by atoms with Crippen LogP contribution in [0.3, 0.4) is 0 Å². The highest BCUT2D eigenvalue weighted by Gasteiger charge is 2.31. The molecule has 1 aromatic carbocycles. The minimum absolute atomic E-state index is 0.0482. The van der Waals surface area contributed by atoms with E-state index in [0.29, 0.717) is 23.7 Å². The van der Waals surface area contributed by atoms with Gasteiger partial charge in [-0.1, -0.05) is 19.8 Å². The molecule has 0 fully saturated rings. The van der Waals surface area contributed by atoms with Crippen molar-refractivity contribution in [2.75, 3.05) is 0 Å². The van der Waals surface area contributed by atoms with Gasteiger partial charge in [-0.05, 0) is 31.2 Å². The number of ether oxygens (including phenoxy) is 1. The number of hydrogen-bond acceptors (Lipinski definition) is 7. The molecule has 0 spiro atoms. The lowest BCUT2D eigenvalue weighted by atomic mass is 10.2. The normalized spacial score (nSPS) is 13.1. The van der Waals surface area contributed by atoms with E-state index >= 15 is 0 Å². The molecule has 0 bridgehead atoms. The summed E-state index contributed by atoms with van der Waals surface area (Å²) >= 11 is 1.32. The molecule has 0 radical (unpaired) electrons. The predicted molar refractivity (Wildman–Crippen MR) is 113 cm³/mol. The number of amides is 1. The minimum Gasteiger partial charge on any atom is -0.408 e. The largest absolute Gasteiger partial charge is 0.408 e. The standard InChI is InChI=1S/C19H24N4O5S2/c1-4-5-10-28-15-6-8-16(9-7-15)30(26,27)23-18(19(24)22-25)14(3)29-12-17-20-11-13(2)21-17/h6-9,11,14,18,23,25H,4,12H2,1-3H3,(H,20,21)(H,22,24). The lowest BCUT2D eigenvalue weighted by Gasteiger charge is -2.22. The SMILES string of the molecule is CCC#COc1ccc(S(=O)(=O)NC(C(=O)NO)C(C)SCc2ncc(C)[nH]2)cc1. The number of sulfonamides is 1. The molecule has 0 saturated heterocycles. The van der Waals surface area contributed by atoms with Gasteiger partial charge < -0.3 is 9.72 Å². The molecular formula is C19H24N4O5S2. The van der Waals surface area contributed by atoms with Crippen molar-refractivity contribution in [1.29, 1.82) is 0 Å². The van der Waals surface area contributed by atoms with Crippen LogP contribution in [0.2, 0.25) is 0 Å². The molecule has 4 N–H and O–H groups in total. The van der Waals surface area contributed by atoms with E-state index in [1.54, 1.807) is 13.1 Å². The van der Waals surface area contributed by atoms with Crippen LogP contribution in [-0.4, -0.2) is 40.8 Å². The highest BCUT2D eigenvalue weighted by atomic mass is 32.2. The number of carbonyl (C=O) groups is 1. The van der Waals surface area contributed by atoms with Crippen LogP contribution >= 0.6 is 11.8 Å². The Morgan fingerprint density at radius 3 is 2.63 bits per heavy atom. The molecule has 2 aromatic rings. The third-order valence-electron chi connectivity index (χ3n) is 3.93. The van der Waals surface area contributed by atoms with Gasteiger partial charge in [-0.25, -0.2) is 18.9 Å². The van der Waals surface area contributed by atoms with Crippen molar-refractivity contribution in [3.05, 3.63) is 42.0 Å². The van der Waals surface area contributed by atoms with Crippen LogP contribution in [0.4, 0.5) is 0 Å². The molecule has 2 unspecified atom stereocenters. The number of rotatable bonds is 9. The third-order valence-corrected chi connectivity index (χ3v) is 6.63. The van der Waals surface area contributed by atoms with E-state index in [9.17, 15) is 13.2 Å². The van der Waals surface area contributed by atoms with Crippen LogP contribution in [-0.2, 0) is 20.6 Å². The van der Waals surface area contributed by atoms with Crippen LogP contribution in [0, 0.1) is 19.0 Å². The molecule has 162 valence electrons. The number of imidazole rings is 1. The molecule has 1 heterocycles. The summed E-state index contributed by atoms with van der Waals surface area (Å²) in [6.07, 6.45) is 4.82. The van der Waals surface area contributed by atoms with Gasteiger partial charge in [0.1, 0.15) is 23.7 Å². The fourth-order valence-electron chi connectivity index (χ4n) is 2.37. The van der Waals surface area contributed by atoms with Crippen molar-refractivity contribution >= 4 is 27.7 Å². The number of aryl methyl sites for hydroxylation is 1. The number of nitrogens with zero attached hydrogens (tertiary/aromatic N) is 1. The monoisotopic (exact) mass is 452 g/mol. The lowest BCUT2D eigenvalue weighted by Crippen LogP contribution is -2.50. The van der Waals surface area contributed by atoms with Gasteiger partial charge in [0.2, 0.25) is 10.0 Å². The van der Waals surface area contributed by atoms with E-state index in [1.807, 2.05) is 13.8 Å². The van der Waals surface area contributed by atoms with Crippen LogP contribution in [0.5, 0.6) is 5.75 Å². The quantitative estimate of drug-likeness (QED) is 0.260. The molecule has 1 aromatic heterocycles. The zero-order chi connectivity index (χ0) is 22.1. The Bertz CT molecular complexity index is 1010. The predicted octanol–water partition coefficient (Wildman–Crippen LogP) is 1.94. The van der Waals surface area contributed by atoms with E-state index < -0.39 is 27.2 Å². The van der Waals surface area contributed by atoms with Gasteiger partial charge in [-0.3, -0.25) is 10.0 Å². The second-order valence-corrected chi connectivity index (χ2v) is 9.39. The Hall–Kier alpha value is -2.52. The summed E-state index contributed by atoms with van der Waals surface area (Å²) in [5, 5.41) is 8.56. The highest BCUT2D eigenvalue weighted by molar-refractivity contribution is 7.99. The van der Waals surface area contributed by atoms with Crippen molar-refractivity contribution in [3.8, 4) is 17.8 Å². The van der Waals surface area contributed by atoms with Gasteiger partial charge in [0.15, 0.2) is 0 Å². The number of thioether (sulfide) groups is 1. The Labute approximate surface area is 180 Å². The smallest absolute Gasteiger partial charge is 0.262 e. The maximum atomic E-state index is 12.7. The van der Waals surface area contributed by atoms with E-state index in [0.717, 1.165) is 5.69 Å². The third kappa shape index (κ3) is 6.77. The molecule has 9 nitrogen and oxygen atoms in total. The molecule has 0 aliphatic carbocycles. The first-order valence-corrected chi connectivity index (χ1v) is 11.6. The molecule has 2 atom stereocenters. The first kappa shape index (κ1) is 23.8. The zero-order valence-corrected chi connectivity index (χ0v) is 18.4. The number of aromatic amines is 1. The van der Waals surface area contributed by atoms with Crippen LogP contribution in [0.25, 0.3) is 0 Å². The average Bonchev–Trinajstić information content (AvgIpc) is 3.15. The Morgan fingerprint density at radius 1 is 1.37 bits per heavy atom. The van der Waals surface area contributed by atoms with Crippen LogP contribution < -0.4 is 14.9 Å². The maximum Gasteiger partial charge on any atom is 0.262 e. The maximum absolute atomic E-state index is 12.7. The first-order valence-electron chi connectivity index (χ1n) is 9.10. The van der Waals surface area contributed by atoms with Gasteiger partial charge in [-0.2, -0.15) is 4.72 Å². The van der Waals surface area contributed by atoms with Crippen LogP contribution in [0.1, 0.15) is 31.8 Å². The zero-order valence-electron chi connectivity index (χ0n) is 16.8. The van der Waals surface area contributed by atoms with Gasteiger partial charge in [-0.15, -0.1) is 11.8 Å². The summed E-state index contributed by atoms with van der Waals surface area (Å²) < 4.78 is 33.0. The molecule has 11 heteroatoms. The number of aromatic nitrogens is 2.